The van der Waals surface area contributed by atoms with Gasteiger partial charge in [0, 0.05) is 39.2 Å². The van der Waals surface area contributed by atoms with Crippen molar-refractivity contribution in [2.45, 2.75) is 52.2 Å². The highest BCUT2D eigenvalue weighted by atomic mass is 16.2. The van der Waals surface area contributed by atoms with Gasteiger partial charge in [-0.25, -0.2) is 4.99 Å². The topological polar surface area (TPSA) is 87.4 Å². The van der Waals surface area contributed by atoms with Gasteiger partial charge in [0.05, 0.1) is 13.1 Å². The van der Waals surface area contributed by atoms with E-state index in [1.165, 1.54) is 19.3 Å². The number of nitrogens with zero attached hydrogens (tertiary/aromatic N) is 5. The molecule has 1 amide bonds. The lowest BCUT2D eigenvalue weighted by atomic mass is 10.1. The molecule has 0 unspecified atom stereocenters. The van der Waals surface area contributed by atoms with E-state index in [4.69, 9.17) is 0 Å². The van der Waals surface area contributed by atoms with Crippen LogP contribution in [0.2, 0.25) is 0 Å². The van der Waals surface area contributed by atoms with Gasteiger partial charge in [0.1, 0.15) is 5.82 Å². The fourth-order valence-electron chi connectivity index (χ4n) is 3.36. The van der Waals surface area contributed by atoms with E-state index in [1.807, 2.05) is 31.2 Å². The minimum absolute atomic E-state index is 0.00231. The summed E-state index contributed by atoms with van der Waals surface area (Å²) < 4.78 is 2.24. The standard InChI is InChI=1S/C21H31N7O/c1-4-22-21(23-14-16-9-11-17(12-10-16)20(29)27(2)3)24-15-19-26-25-18-8-6-5-7-13-28(18)19/h9-12H,4-8,13-15H2,1-3H3,(H2,22,23,24). The first-order valence-electron chi connectivity index (χ1n) is 10.3. The van der Waals surface area contributed by atoms with Gasteiger partial charge in [0.15, 0.2) is 11.8 Å². The normalized spacial score (nSPS) is 14.1. The maximum atomic E-state index is 12.0. The number of carbonyl (C=O) groups is 1. The second-order valence-electron chi connectivity index (χ2n) is 7.44. The number of aliphatic imine (C=N–C) groups is 1. The zero-order valence-corrected chi connectivity index (χ0v) is 17.6. The van der Waals surface area contributed by atoms with Crippen molar-refractivity contribution in [3.63, 3.8) is 0 Å². The first-order valence-corrected chi connectivity index (χ1v) is 10.3. The fourth-order valence-corrected chi connectivity index (χ4v) is 3.36. The first kappa shape index (κ1) is 20.8. The zero-order valence-electron chi connectivity index (χ0n) is 17.6. The van der Waals surface area contributed by atoms with Crippen molar-refractivity contribution in [2.75, 3.05) is 20.6 Å². The van der Waals surface area contributed by atoms with Gasteiger partial charge in [-0.1, -0.05) is 18.6 Å². The van der Waals surface area contributed by atoms with Crippen molar-refractivity contribution >= 4 is 11.9 Å². The van der Waals surface area contributed by atoms with Crippen LogP contribution in [-0.4, -0.2) is 52.2 Å². The highest BCUT2D eigenvalue weighted by Gasteiger charge is 2.14. The van der Waals surface area contributed by atoms with Crippen molar-refractivity contribution < 1.29 is 4.79 Å². The van der Waals surface area contributed by atoms with Gasteiger partial charge in [-0.3, -0.25) is 4.79 Å². The molecule has 0 saturated heterocycles. The fraction of sp³-hybridized carbons (Fsp3) is 0.524. The van der Waals surface area contributed by atoms with Gasteiger partial charge in [0.2, 0.25) is 0 Å². The Balaban J connectivity index is 1.61. The SMILES string of the molecule is CCNC(=NCc1ccc(C(=O)N(C)C)cc1)NCc1nnc2n1CCCCC2. The van der Waals surface area contributed by atoms with Gasteiger partial charge >= 0.3 is 0 Å². The molecule has 8 heteroatoms. The van der Waals surface area contributed by atoms with Gasteiger partial charge in [0.25, 0.3) is 5.91 Å². The summed E-state index contributed by atoms with van der Waals surface area (Å²) in [6.07, 6.45) is 4.62. The number of guanidine groups is 1. The lowest BCUT2D eigenvalue weighted by Gasteiger charge is -2.13. The van der Waals surface area contributed by atoms with E-state index < -0.39 is 0 Å². The second kappa shape index (κ2) is 10.0. The smallest absolute Gasteiger partial charge is 0.253 e. The zero-order chi connectivity index (χ0) is 20.6. The number of hydrogen-bond donors (Lipinski definition) is 2. The van der Waals surface area contributed by atoms with Crippen molar-refractivity contribution in [1.82, 2.24) is 30.3 Å². The van der Waals surface area contributed by atoms with Crippen LogP contribution in [0.15, 0.2) is 29.3 Å². The third kappa shape index (κ3) is 5.56. The Morgan fingerprint density at radius 1 is 1.14 bits per heavy atom. The lowest BCUT2D eigenvalue weighted by molar-refractivity contribution is 0.0827. The average Bonchev–Trinajstić information content (AvgIpc) is 2.95. The number of aryl methyl sites for hydroxylation is 1. The van der Waals surface area contributed by atoms with Gasteiger partial charge < -0.3 is 20.1 Å². The molecule has 0 spiro atoms. The van der Waals surface area contributed by atoms with Crippen molar-refractivity contribution in [3.8, 4) is 0 Å². The second-order valence-corrected chi connectivity index (χ2v) is 7.44. The van der Waals surface area contributed by atoms with E-state index in [0.29, 0.717) is 18.7 Å². The highest BCUT2D eigenvalue weighted by molar-refractivity contribution is 5.93. The van der Waals surface area contributed by atoms with Crippen LogP contribution < -0.4 is 10.6 Å². The van der Waals surface area contributed by atoms with Crippen LogP contribution in [0, 0.1) is 0 Å². The van der Waals surface area contributed by atoms with Crippen molar-refractivity contribution in [2.24, 2.45) is 4.99 Å². The van der Waals surface area contributed by atoms with Crippen LogP contribution in [-0.2, 0) is 26.1 Å². The monoisotopic (exact) mass is 397 g/mol. The van der Waals surface area contributed by atoms with Gasteiger partial charge in [-0.2, -0.15) is 0 Å². The van der Waals surface area contributed by atoms with E-state index in [0.717, 1.165) is 42.7 Å². The molecule has 0 radical (unpaired) electrons. The summed E-state index contributed by atoms with van der Waals surface area (Å²) in [6, 6.07) is 7.59. The summed E-state index contributed by atoms with van der Waals surface area (Å²) in [5.41, 5.74) is 1.73. The van der Waals surface area contributed by atoms with Crippen LogP contribution in [0.5, 0.6) is 0 Å². The predicted octanol–water partition coefficient (Wildman–Crippen LogP) is 1.96. The quantitative estimate of drug-likeness (QED) is 0.575. The van der Waals surface area contributed by atoms with E-state index in [-0.39, 0.29) is 5.91 Å². The Hall–Kier alpha value is -2.90. The number of nitrogens with one attached hydrogen (secondary N) is 2. The Morgan fingerprint density at radius 3 is 2.66 bits per heavy atom. The van der Waals surface area contributed by atoms with Crippen LogP contribution in [0.4, 0.5) is 0 Å². The number of carbonyl (C=O) groups excluding carboxylic acids is 1. The summed E-state index contributed by atoms with van der Waals surface area (Å²) in [6.45, 7) is 4.94. The summed E-state index contributed by atoms with van der Waals surface area (Å²) in [5.74, 6) is 2.79. The molecule has 0 aliphatic carbocycles. The summed E-state index contributed by atoms with van der Waals surface area (Å²) >= 11 is 0. The molecule has 0 bridgehead atoms. The molecule has 2 aromatic rings. The largest absolute Gasteiger partial charge is 0.357 e. The Kier molecular flexibility index (Phi) is 7.21. The molecule has 1 aliphatic heterocycles. The third-order valence-corrected chi connectivity index (χ3v) is 4.97. The van der Waals surface area contributed by atoms with E-state index in [1.54, 1.807) is 19.0 Å². The molecule has 0 saturated carbocycles. The van der Waals surface area contributed by atoms with Crippen LogP contribution >= 0.6 is 0 Å². The predicted molar refractivity (Wildman–Crippen MR) is 114 cm³/mol. The number of aromatic nitrogens is 3. The molecule has 0 fully saturated rings. The number of amides is 1. The molecule has 8 nitrogen and oxygen atoms in total. The minimum Gasteiger partial charge on any atom is -0.357 e. The molecule has 2 heterocycles. The summed E-state index contributed by atoms with van der Waals surface area (Å²) in [4.78, 5) is 18.2. The molecule has 3 rings (SSSR count). The summed E-state index contributed by atoms with van der Waals surface area (Å²) in [7, 11) is 3.51. The van der Waals surface area contributed by atoms with Crippen LogP contribution in [0.1, 0.15) is 53.8 Å². The van der Waals surface area contributed by atoms with Crippen LogP contribution in [0.3, 0.4) is 0 Å². The average molecular weight is 398 g/mol. The molecule has 1 aromatic heterocycles. The first-order chi connectivity index (χ1) is 14.1. The van der Waals surface area contributed by atoms with Gasteiger partial charge in [-0.15, -0.1) is 10.2 Å². The number of hydrogen-bond acceptors (Lipinski definition) is 4. The molecular formula is C21H31N7O. The van der Waals surface area contributed by atoms with Crippen molar-refractivity contribution in [1.29, 1.82) is 0 Å². The van der Waals surface area contributed by atoms with E-state index >= 15 is 0 Å². The maximum absolute atomic E-state index is 12.0. The number of fused-ring (bicyclic) bond motifs is 1. The summed E-state index contributed by atoms with van der Waals surface area (Å²) in [5, 5.41) is 15.3. The maximum Gasteiger partial charge on any atom is 0.253 e. The lowest BCUT2D eigenvalue weighted by Crippen LogP contribution is -2.37. The molecule has 0 atom stereocenters. The number of benzene rings is 1. The Morgan fingerprint density at radius 2 is 1.93 bits per heavy atom. The number of rotatable bonds is 6. The van der Waals surface area contributed by atoms with Gasteiger partial charge in [-0.05, 0) is 37.5 Å². The molecule has 2 N–H and O–H groups in total. The molecule has 156 valence electrons. The molecule has 1 aromatic carbocycles. The van der Waals surface area contributed by atoms with Crippen molar-refractivity contribution in [3.05, 3.63) is 47.0 Å². The third-order valence-electron chi connectivity index (χ3n) is 4.97. The molecular weight excluding hydrogens is 366 g/mol. The van der Waals surface area contributed by atoms with Crippen LogP contribution in [0.25, 0.3) is 0 Å². The minimum atomic E-state index is 0.00231. The highest BCUT2D eigenvalue weighted by Crippen LogP contribution is 2.14. The molecule has 29 heavy (non-hydrogen) atoms. The Labute approximate surface area is 172 Å². The molecule has 1 aliphatic rings. The van der Waals surface area contributed by atoms with E-state index in [2.05, 4.69) is 30.4 Å². The Bertz CT molecular complexity index is 839. The van der Waals surface area contributed by atoms with E-state index in [9.17, 15) is 4.79 Å².